The number of carbonyl (C=O) groups is 1. The number of halogens is 1. The minimum atomic E-state index is -3.55. The first-order chi connectivity index (χ1) is 13.3. The van der Waals surface area contributed by atoms with E-state index < -0.39 is 16.0 Å². The second-order valence-corrected chi connectivity index (χ2v) is 8.90. The number of rotatable bonds is 5. The maximum Gasteiger partial charge on any atom is 0.338 e. The van der Waals surface area contributed by atoms with Crippen LogP contribution in [0, 0.1) is 0 Å². The summed E-state index contributed by atoms with van der Waals surface area (Å²) < 4.78 is 41.7. The molecule has 0 saturated heterocycles. The fraction of sp³-hybridized carbons (Fsp3) is 0.316. The van der Waals surface area contributed by atoms with Crippen LogP contribution in [0.2, 0.25) is 5.02 Å². The molecule has 0 atom stereocenters. The average molecular weight is 426 g/mol. The Morgan fingerprint density at radius 1 is 1.14 bits per heavy atom. The van der Waals surface area contributed by atoms with Gasteiger partial charge < -0.3 is 14.2 Å². The third-order valence-electron chi connectivity index (χ3n) is 4.10. The number of nitrogens with zero attached hydrogens (tertiary/aromatic N) is 1. The van der Waals surface area contributed by atoms with E-state index in [0.717, 1.165) is 10.7 Å². The molecule has 0 aliphatic carbocycles. The molecule has 0 radical (unpaired) electrons. The third kappa shape index (κ3) is 4.40. The van der Waals surface area contributed by atoms with Crippen molar-refractivity contribution in [1.82, 2.24) is 4.31 Å². The minimum absolute atomic E-state index is 0.00700. The van der Waals surface area contributed by atoms with Crippen molar-refractivity contribution < 1.29 is 27.4 Å². The molecule has 1 heterocycles. The smallest absolute Gasteiger partial charge is 0.338 e. The Kier molecular flexibility index (Phi) is 6.12. The van der Waals surface area contributed by atoms with Gasteiger partial charge in [0.2, 0.25) is 10.0 Å². The van der Waals surface area contributed by atoms with Crippen LogP contribution in [0.3, 0.4) is 0 Å². The van der Waals surface area contributed by atoms with Crippen LogP contribution in [0.5, 0.6) is 11.5 Å². The zero-order chi connectivity index (χ0) is 20.3. The first-order valence-electron chi connectivity index (χ1n) is 8.57. The average Bonchev–Trinajstić information content (AvgIpc) is 2.92. The molecule has 0 unspecified atom stereocenters. The van der Waals surface area contributed by atoms with Gasteiger partial charge in [-0.25, -0.2) is 17.5 Å². The Hall–Kier alpha value is -2.29. The van der Waals surface area contributed by atoms with Crippen molar-refractivity contribution in [2.24, 2.45) is 0 Å². The number of fused-ring (bicyclic) bond motifs is 1. The monoisotopic (exact) mass is 425 g/mol. The van der Waals surface area contributed by atoms with E-state index in [2.05, 4.69) is 0 Å². The lowest BCUT2D eigenvalue weighted by molar-refractivity contribution is 0.0472. The number of benzene rings is 2. The lowest BCUT2D eigenvalue weighted by Gasteiger charge is -2.13. The largest absolute Gasteiger partial charge is 0.489 e. The molecule has 28 heavy (non-hydrogen) atoms. The second kappa shape index (κ2) is 8.38. The number of carbonyl (C=O) groups excluding carboxylic acids is 1. The molecule has 1 aliphatic heterocycles. The summed E-state index contributed by atoms with van der Waals surface area (Å²) >= 11 is 6.23. The summed E-state index contributed by atoms with van der Waals surface area (Å²) in [5.74, 6) is 0.443. The first-order valence-corrected chi connectivity index (χ1v) is 10.4. The van der Waals surface area contributed by atoms with Gasteiger partial charge in [0.15, 0.2) is 11.5 Å². The van der Waals surface area contributed by atoms with E-state index in [0.29, 0.717) is 35.3 Å². The molecular formula is C19H20ClNO6S. The summed E-state index contributed by atoms with van der Waals surface area (Å²) in [6, 6.07) is 8.97. The second-order valence-electron chi connectivity index (χ2n) is 6.34. The molecule has 9 heteroatoms. The number of hydrogen-bond donors (Lipinski definition) is 0. The van der Waals surface area contributed by atoms with Crippen LogP contribution >= 0.6 is 11.6 Å². The van der Waals surface area contributed by atoms with E-state index in [1.165, 1.54) is 38.4 Å². The van der Waals surface area contributed by atoms with E-state index in [-0.39, 0.29) is 17.1 Å². The first kappa shape index (κ1) is 20.4. The summed E-state index contributed by atoms with van der Waals surface area (Å²) in [7, 11) is -0.666. The zero-order valence-electron chi connectivity index (χ0n) is 15.5. The van der Waals surface area contributed by atoms with Crippen molar-refractivity contribution in [2.45, 2.75) is 17.9 Å². The number of sulfonamides is 1. The molecule has 1 aliphatic rings. The van der Waals surface area contributed by atoms with E-state index in [9.17, 15) is 13.2 Å². The summed E-state index contributed by atoms with van der Waals surface area (Å²) in [5, 5.41) is 0.392. The topological polar surface area (TPSA) is 82.1 Å². The zero-order valence-corrected chi connectivity index (χ0v) is 17.0. The Morgan fingerprint density at radius 2 is 1.82 bits per heavy atom. The Bertz CT molecular complexity index is 973. The highest BCUT2D eigenvalue weighted by Crippen LogP contribution is 2.38. The maximum atomic E-state index is 12.3. The SMILES string of the molecule is CN(C)S(=O)(=O)c1ccc(C(=O)OCc2cc(Cl)c3c(c2)OCCCO3)cc1. The molecule has 150 valence electrons. The highest BCUT2D eigenvalue weighted by Gasteiger charge is 2.19. The molecule has 2 aromatic rings. The maximum absolute atomic E-state index is 12.3. The van der Waals surface area contributed by atoms with Crippen LogP contribution in [0.4, 0.5) is 0 Å². The van der Waals surface area contributed by atoms with Gasteiger partial charge in [-0.2, -0.15) is 0 Å². The van der Waals surface area contributed by atoms with Crippen LogP contribution < -0.4 is 9.47 Å². The molecule has 0 fully saturated rings. The van der Waals surface area contributed by atoms with Gasteiger partial charge in [-0.3, -0.25) is 0 Å². The summed E-state index contributed by atoms with van der Waals surface area (Å²) in [4.78, 5) is 12.4. The molecule has 7 nitrogen and oxygen atoms in total. The third-order valence-corrected chi connectivity index (χ3v) is 6.21. The lowest BCUT2D eigenvalue weighted by atomic mass is 10.2. The quantitative estimate of drug-likeness (QED) is 0.684. The molecule has 0 spiro atoms. The van der Waals surface area contributed by atoms with E-state index in [1.807, 2.05) is 0 Å². The predicted molar refractivity (Wildman–Crippen MR) is 103 cm³/mol. The van der Waals surface area contributed by atoms with Crippen molar-refractivity contribution in [1.29, 1.82) is 0 Å². The van der Waals surface area contributed by atoms with Gasteiger partial charge in [0.1, 0.15) is 6.61 Å². The molecule has 2 aromatic carbocycles. The molecule has 0 amide bonds. The highest BCUT2D eigenvalue weighted by atomic mass is 35.5. The molecule has 0 N–H and O–H groups in total. The van der Waals surface area contributed by atoms with Gasteiger partial charge in [-0.05, 0) is 42.0 Å². The Morgan fingerprint density at radius 3 is 2.50 bits per heavy atom. The van der Waals surface area contributed by atoms with Crippen molar-refractivity contribution in [2.75, 3.05) is 27.3 Å². The normalized spacial score (nSPS) is 13.9. The van der Waals surface area contributed by atoms with Gasteiger partial charge >= 0.3 is 5.97 Å². The van der Waals surface area contributed by atoms with Crippen LogP contribution in [-0.2, 0) is 21.4 Å². The van der Waals surface area contributed by atoms with Crippen LogP contribution in [-0.4, -0.2) is 46.0 Å². The Labute approximate surface area is 168 Å². The summed E-state index contributed by atoms with van der Waals surface area (Å²) in [5.41, 5.74) is 0.910. The summed E-state index contributed by atoms with van der Waals surface area (Å²) in [6.45, 7) is 1.04. The fourth-order valence-corrected chi connectivity index (χ4v) is 3.76. The minimum Gasteiger partial charge on any atom is -0.489 e. The van der Waals surface area contributed by atoms with Crippen molar-refractivity contribution in [3.8, 4) is 11.5 Å². The Balaban J connectivity index is 1.69. The van der Waals surface area contributed by atoms with Crippen LogP contribution in [0.1, 0.15) is 22.3 Å². The fourth-order valence-electron chi connectivity index (χ4n) is 2.57. The van der Waals surface area contributed by atoms with Crippen molar-refractivity contribution in [3.63, 3.8) is 0 Å². The highest BCUT2D eigenvalue weighted by molar-refractivity contribution is 7.89. The predicted octanol–water partition coefficient (Wildman–Crippen LogP) is 3.11. The van der Waals surface area contributed by atoms with Crippen molar-refractivity contribution >= 4 is 27.6 Å². The van der Waals surface area contributed by atoms with Crippen LogP contribution in [0.25, 0.3) is 0 Å². The molecule has 0 aromatic heterocycles. The molecule has 0 saturated carbocycles. The van der Waals surface area contributed by atoms with Crippen molar-refractivity contribution in [3.05, 3.63) is 52.5 Å². The van der Waals surface area contributed by atoms with Gasteiger partial charge in [0, 0.05) is 20.5 Å². The molecule has 0 bridgehead atoms. The number of hydrogen-bond acceptors (Lipinski definition) is 6. The number of ether oxygens (including phenoxy) is 3. The summed E-state index contributed by atoms with van der Waals surface area (Å²) in [6.07, 6.45) is 0.759. The van der Waals surface area contributed by atoms with E-state index >= 15 is 0 Å². The molecular weight excluding hydrogens is 406 g/mol. The van der Waals surface area contributed by atoms with Gasteiger partial charge in [0.25, 0.3) is 0 Å². The van der Waals surface area contributed by atoms with Gasteiger partial charge in [-0.15, -0.1) is 0 Å². The van der Waals surface area contributed by atoms with Crippen LogP contribution in [0.15, 0.2) is 41.3 Å². The van der Waals surface area contributed by atoms with E-state index in [1.54, 1.807) is 12.1 Å². The van der Waals surface area contributed by atoms with Gasteiger partial charge in [-0.1, -0.05) is 11.6 Å². The van der Waals surface area contributed by atoms with Gasteiger partial charge in [0.05, 0.1) is 28.7 Å². The lowest BCUT2D eigenvalue weighted by Crippen LogP contribution is -2.22. The standard InChI is InChI=1S/C19H20ClNO6S/c1-21(2)28(23,24)15-6-4-14(5-7-15)19(22)27-12-13-10-16(20)18-17(11-13)25-8-3-9-26-18/h4-7,10-11H,3,8-9,12H2,1-2H3. The van der Waals surface area contributed by atoms with E-state index in [4.69, 9.17) is 25.8 Å². The molecule has 3 rings (SSSR count). The number of esters is 1.